The minimum atomic E-state index is -0.472. The molecule has 0 saturated carbocycles. The summed E-state index contributed by atoms with van der Waals surface area (Å²) in [4.78, 5) is 19.8. The van der Waals surface area contributed by atoms with Crippen LogP contribution in [0.2, 0.25) is 10.3 Å². The molecule has 21 heavy (non-hydrogen) atoms. The third kappa shape index (κ3) is 3.69. The van der Waals surface area contributed by atoms with Crippen LogP contribution in [0.25, 0.3) is 0 Å². The second kappa shape index (κ2) is 6.85. The molecule has 7 heteroatoms. The number of aromatic nitrogens is 2. The van der Waals surface area contributed by atoms with Crippen LogP contribution in [-0.4, -0.2) is 15.9 Å². The maximum absolute atomic E-state index is 12.3. The lowest BCUT2D eigenvalue weighted by atomic mass is 9.94. The van der Waals surface area contributed by atoms with Crippen molar-refractivity contribution < 1.29 is 4.79 Å². The van der Waals surface area contributed by atoms with Crippen LogP contribution in [0.3, 0.4) is 0 Å². The number of carbonyl (C=O) groups excluding carboxylic acids is 1. The Morgan fingerprint density at radius 2 is 1.76 bits per heavy atom. The van der Waals surface area contributed by atoms with Gasteiger partial charge in [-0.3, -0.25) is 4.79 Å². The highest BCUT2D eigenvalue weighted by Crippen LogP contribution is 2.27. The predicted molar refractivity (Wildman–Crippen MR) is 83.2 cm³/mol. The summed E-state index contributed by atoms with van der Waals surface area (Å²) in [5.74, 6) is -0.773. The zero-order chi connectivity index (χ0) is 15.4. The van der Waals surface area contributed by atoms with E-state index in [1.807, 2.05) is 30.3 Å². The number of benzene rings is 1. The van der Waals surface area contributed by atoms with Gasteiger partial charge in [0.2, 0.25) is 5.91 Å². The summed E-state index contributed by atoms with van der Waals surface area (Å²) in [6, 6.07) is 8.95. The summed E-state index contributed by atoms with van der Waals surface area (Å²) in [6.07, 6.45) is 1.22. The van der Waals surface area contributed by atoms with Crippen molar-refractivity contribution in [3.05, 3.63) is 52.5 Å². The molecular weight excluding hydrogens is 311 g/mol. The van der Waals surface area contributed by atoms with Gasteiger partial charge in [0, 0.05) is 6.04 Å². The van der Waals surface area contributed by atoms with E-state index < -0.39 is 12.0 Å². The minimum Gasteiger partial charge on any atom is -0.323 e. The highest BCUT2D eigenvalue weighted by atomic mass is 35.5. The SMILES string of the molecule is CC(C(=O)Nc1c(Cl)ncnc1Cl)C(N)c1ccccc1. The Balaban J connectivity index is 2.13. The van der Waals surface area contributed by atoms with Crippen LogP contribution in [0, 0.1) is 5.92 Å². The lowest BCUT2D eigenvalue weighted by Gasteiger charge is -2.20. The van der Waals surface area contributed by atoms with E-state index in [1.54, 1.807) is 6.92 Å². The van der Waals surface area contributed by atoms with Gasteiger partial charge in [-0.1, -0.05) is 60.5 Å². The molecule has 2 aromatic rings. The molecule has 0 aliphatic rings. The molecule has 2 rings (SSSR count). The van der Waals surface area contributed by atoms with Crippen LogP contribution < -0.4 is 11.1 Å². The number of hydrogen-bond acceptors (Lipinski definition) is 4. The van der Waals surface area contributed by atoms with Crippen molar-refractivity contribution in [3.8, 4) is 0 Å². The number of anilines is 1. The Hall–Kier alpha value is -1.69. The average molecular weight is 325 g/mol. The number of halogens is 2. The first-order valence-corrected chi connectivity index (χ1v) is 7.03. The Bertz CT molecular complexity index is 616. The molecule has 3 N–H and O–H groups in total. The van der Waals surface area contributed by atoms with Crippen molar-refractivity contribution in [2.24, 2.45) is 11.7 Å². The number of rotatable bonds is 4. The zero-order valence-corrected chi connectivity index (χ0v) is 12.8. The maximum atomic E-state index is 12.3. The summed E-state index contributed by atoms with van der Waals surface area (Å²) in [7, 11) is 0. The highest BCUT2D eigenvalue weighted by Gasteiger charge is 2.23. The van der Waals surface area contributed by atoms with E-state index in [0.29, 0.717) is 0 Å². The quantitative estimate of drug-likeness (QED) is 0.847. The topological polar surface area (TPSA) is 80.9 Å². The number of nitrogens with zero attached hydrogens (tertiary/aromatic N) is 2. The molecule has 2 atom stereocenters. The summed E-state index contributed by atoms with van der Waals surface area (Å²) in [5.41, 5.74) is 7.18. The highest BCUT2D eigenvalue weighted by molar-refractivity contribution is 6.38. The lowest BCUT2D eigenvalue weighted by molar-refractivity contribution is -0.120. The summed E-state index contributed by atoms with van der Waals surface area (Å²) in [5, 5.41) is 2.79. The fourth-order valence-electron chi connectivity index (χ4n) is 1.81. The zero-order valence-electron chi connectivity index (χ0n) is 11.3. The van der Waals surface area contributed by atoms with Gasteiger partial charge in [0.25, 0.3) is 0 Å². The fourth-order valence-corrected chi connectivity index (χ4v) is 2.22. The van der Waals surface area contributed by atoms with E-state index >= 15 is 0 Å². The van der Waals surface area contributed by atoms with Gasteiger partial charge in [-0.15, -0.1) is 0 Å². The van der Waals surface area contributed by atoms with Crippen LogP contribution in [-0.2, 0) is 4.79 Å². The smallest absolute Gasteiger partial charge is 0.229 e. The molecule has 0 spiro atoms. The van der Waals surface area contributed by atoms with Crippen LogP contribution in [0.5, 0.6) is 0 Å². The standard InChI is InChI=1S/C14H14Cl2N4O/c1-8(10(17)9-5-3-2-4-6-9)14(21)20-11-12(15)18-7-19-13(11)16/h2-8,10H,17H2,1H3,(H,20,21). The molecule has 110 valence electrons. The summed E-state index contributed by atoms with van der Waals surface area (Å²) in [6.45, 7) is 1.73. The Labute approximate surface area is 132 Å². The first kappa shape index (κ1) is 15.7. The van der Waals surface area contributed by atoms with Gasteiger partial charge in [-0.25, -0.2) is 9.97 Å². The third-order valence-corrected chi connectivity index (χ3v) is 3.71. The normalized spacial score (nSPS) is 13.5. The monoisotopic (exact) mass is 324 g/mol. The van der Waals surface area contributed by atoms with Gasteiger partial charge in [-0.2, -0.15) is 0 Å². The van der Waals surface area contributed by atoms with Gasteiger partial charge in [0.1, 0.15) is 12.0 Å². The van der Waals surface area contributed by atoms with Gasteiger partial charge >= 0.3 is 0 Å². The molecule has 1 aromatic carbocycles. The molecule has 1 heterocycles. The fraction of sp³-hybridized carbons (Fsp3) is 0.214. The molecule has 5 nitrogen and oxygen atoms in total. The molecular formula is C14H14Cl2N4O. The predicted octanol–water partition coefficient (Wildman–Crippen LogP) is 3.06. The largest absolute Gasteiger partial charge is 0.323 e. The van der Waals surface area contributed by atoms with Crippen LogP contribution in [0.1, 0.15) is 18.5 Å². The molecule has 0 fully saturated rings. The van der Waals surface area contributed by atoms with E-state index in [0.717, 1.165) is 5.56 Å². The molecule has 0 radical (unpaired) electrons. The number of nitrogens with two attached hydrogens (primary N) is 1. The molecule has 1 aromatic heterocycles. The van der Waals surface area contributed by atoms with E-state index in [1.165, 1.54) is 6.33 Å². The summed E-state index contributed by atoms with van der Waals surface area (Å²) >= 11 is 11.8. The van der Waals surface area contributed by atoms with Crippen LogP contribution in [0.15, 0.2) is 36.7 Å². The van der Waals surface area contributed by atoms with Crippen molar-refractivity contribution in [2.45, 2.75) is 13.0 Å². The maximum Gasteiger partial charge on any atom is 0.229 e. The first-order chi connectivity index (χ1) is 10.0. The third-order valence-electron chi connectivity index (χ3n) is 3.14. The molecule has 0 aliphatic carbocycles. The minimum absolute atomic E-state index is 0.0869. The molecule has 0 saturated heterocycles. The van der Waals surface area contributed by atoms with Crippen LogP contribution in [0.4, 0.5) is 5.69 Å². The van der Waals surface area contributed by atoms with E-state index in [-0.39, 0.29) is 21.9 Å². The number of carbonyl (C=O) groups is 1. The second-order valence-corrected chi connectivity index (χ2v) is 5.26. The number of amides is 1. The Kier molecular flexibility index (Phi) is 5.12. The summed E-state index contributed by atoms with van der Waals surface area (Å²) < 4.78 is 0. The second-order valence-electron chi connectivity index (χ2n) is 4.54. The lowest BCUT2D eigenvalue weighted by Crippen LogP contribution is -2.30. The van der Waals surface area contributed by atoms with E-state index in [2.05, 4.69) is 15.3 Å². The van der Waals surface area contributed by atoms with Gasteiger partial charge in [-0.05, 0) is 5.56 Å². The van der Waals surface area contributed by atoms with Gasteiger partial charge in [0.05, 0.1) is 5.92 Å². The molecule has 0 bridgehead atoms. The van der Waals surface area contributed by atoms with Crippen molar-refractivity contribution >= 4 is 34.8 Å². The van der Waals surface area contributed by atoms with Crippen molar-refractivity contribution in [1.29, 1.82) is 0 Å². The van der Waals surface area contributed by atoms with Crippen molar-refractivity contribution in [1.82, 2.24) is 9.97 Å². The molecule has 2 unspecified atom stereocenters. The van der Waals surface area contributed by atoms with E-state index in [9.17, 15) is 4.79 Å². The van der Waals surface area contributed by atoms with Gasteiger partial charge < -0.3 is 11.1 Å². The van der Waals surface area contributed by atoms with E-state index in [4.69, 9.17) is 28.9 Å². The Morgan fingerprint density at radius 3 is 2.33 bits per heavy atom. The van der Waals surface area contributed by atoms with Crippen LogP contribution >= 0.6 is 23.2 Å². The molecule has 0 aliphatic heterocycles. The van der Waals surface area contributed by atoms with Crippen molar-refractivity contribution in [3.63, 3.8) is 0 Å². The average Bonchev–Trinajstić information content (AvgIpc) is 2.50. The Morgan fingerprint density at radius 1 is 1.19 bits per heavy atom. The molecule has 1 amide bonds. The van der Waals surface area contributed by atoms with Gasteiger partial charge in [0.15, 0.2) is 10.3 Å². The van der Waals surface area contributed by atoms with Crippen molar-refractivity contribution in [2.75, 3.05) is 5.32 Å². The number of hydrogen-bond donors (Lipinski definition) is 2. The first-order valence-electron chi connectivity index (χ1n) is 6.28. The number of nitrogens with one attached hydrogen (secondary N) is 1.